The van der Waals surface area contributed by atoms with Gasteiger partial charge < -0.3 is 15.0 Å². The van der Waals surface area contributed by atoms with Gasteiger partial charge >= 0.3 is 0 Å². The minimum Gasteiger partial charge on any atom is -0.378 e. The number of rotatable bonds is 7. The number of hydrogen-bond acceptors (Lipinski definition) is 2. The first kappa shape index (κ1) is 22.2. The van der Waals surface area contributed by atoms with E-state index in [1.54, 1.807) is 12.1 Å². The second-order valence-electron chi connectivity index (χ2n) is 6.11. The highest BCUT2D eigenvalue weighted by molar-refractivity contribution is 14.0. The summed E-state index contributed by atoms with van der Waals surface area (Å²) in [6.45, 7) is 8.53. The SMILES string of the molecule is CCNC(=NCCCc1cccc(F)c1)N1CCC(OCC)CC1.I. The Morgan fingerprint density at radius 2 is 2.08 bits per heavy atom. The third-order valence-electron chi connectivity index (χ3n) is 4.25. The van der Waals surface area contributed by atoms with E-state index in [2.05, 4.69) is 24.1 Å². The molecule has 1 saturated heterocycles. The topological polar surface area (TPSA) is 36.9 Å². The number of guanidine groups is 1. The molecule has 0 bridgehead atoms. The van der Waals surface area contributed by atoms with Crippen molar-refractivity contribution in [2.75, 3.05) is 32.8 Å². The standard InChI is InChI=1S/C19H30FN3O.HI/c1-3-21-19(23-13-10-18(11-14-23)24-4-2)22-12-6-8-16-7-5-9-17(20)15-16;/h5,7,9,15,18H,3-4,6,8,10-14H2,1-2H3,(H,21,22);1H. The van der Waals surface area contributed by atoms with Gasteiger partial charge in [0.25, 0.3) is 0 Å². The van der Waals surface area contributed by atoms with Gasteiger partial charge in [0.1, 0.15) is 5.82 Å². The van der Waals surface area contributed by atoms with E-state index >= 15 is 0 Å². The number of halogens is 2. The Balaban J connectivity index is 0.00000312. The summed E-state index contributed by atoms with van der Waals surface area (Å²) < 4.78 is 18.9. The van der Waals surface area contributed by atoms with E-state index in [0.29, 0.717) is 6.10 Å². The Hall–Kier alpha value is -0.890. The number of aliphatic imine (C=N–C) groups is 1. The summed E-state index contributed by atoms with van der Waals surface area (Å²) in [5, 5.41) is 3.38. The van der Waals surface area contributed by atoms with Crippen LogP contribution in [-0.2, 0) is 11.2 Å². The fraction of sp³-hybridized carbons (Fsp3) is 0.632. The zero-order valence-corrected chi connectivity index (χ0v) is 17.7. The molecule has 0 aromatic heterocycles. The van der Waals surface area contributed by atoms with Crippen molar-refractivity contribution in [3.05, 3.63) is 35.6 Å². The van der Waals surface area contributed by atoms with E-state index in [1.165, 1.54) is 6.07 Å². The van der Waals surface area contributed by atoms with E-state index < -0.39 is 0 Å². The van der Waals surface area contributed by atoms with Crippen molar-refractivity contribution >= 4 is 29.9 Å². The number of hydrogen-bond donors (Lipinski definition) is 1. The summed E-state index contributed by atoms with van der Waals surface area (Å²) in [6.07, 6.45) is 4.28. The second-order valence-corrected chi connectivity index (χ2v) is 6.11. The van der Waals surface area contributed by atoms with Crippen LogP contribution in [0.15, 0.2) is 29.3 Å². The van der Waals surface area contributed by atoms with Crippen LogP contribution in [0.4, 0.5) is 4.39 Å². The summed E-state index contributed by atoms with van der Waals surface area (Å²) in [6, 6.07) is 6.82. The molecule has 1 aromatic carbocycles. The molecule has 1 aromatic rings. The van der Waals surface area contributed by atoms with Gasteiger partial charge in [0.05, 0.1) is 6.10 Å². The number of nitrogens with one attached hydrogen (secondary N) is 1. The van der Waals surface area contributed by atoms with Gasteiger partial charge in [-0.25, -0.2) is 4.39 Å². The molecule has 1 heterocycles. The second kappa shape index (κ2) is 12.5. The molecule has 6 heteroatoms. The Kier molecular flexibility index (Phi) is 11.0. The molecule has 1 fully saturated rings. The summed E-state index contributed by atoms with van der Waals surface area (Å²) >= 11 is 0. The zero-order valence-electron chi connectivity index (χ0n) is 15.3. The predicted molar refractivity (Wildman–Crippen MR) is 112 cm³/mol. The van der Waals surface area contributed by atoms with Crippen LogP contribution in [0.25, 0.3) is 0 Å². The molecule has 0 spiro atoms. The van der Waals surface area contributed by atoms with E-state index in [-0.39, 0.29) is 29.8 Å². The molecule has 0 amide bonds. The summed E-state index contributed by atoms with van der Waals surface area (Å²) in [5.41, 5.74) is 1.03. The summed E-state index contributed by atoms with van der Waals surface area (Å²) in [5.74, 6) is 0.827. The van der Waals surface area contributed by atoms with E-state index in [0.717, 1.165) is 70.0 Å². The molecular weight excluding hydrogens is 432 g/mol. The highest BCUT2D eigenvalue weighted by Crippen LogP contribution is 2.14. The fourth-order valence-corrected chi connectivity index (χ4v) is 3.06. The first-order chi connectivity index (χ1) is 11.7. The van der Waals surface area contributed by atoms with Crippen LogP contribution in [0.5, 0.6) is 0 Å². The van der Waals surface area contributed by atoms with Gasteiger partial charge in [-0.05, 0) is 57.2 Å². The first-order valence-electron chi connectivity index (χ1n) is 9.12. The van der Waals surface area contributed by atoms with Crippen LogP contribution in [-0.4, -0.2) is 49.7 Å². The maximum absolute atomic E-state index is 13.2. The number of benzene rings is 1. The largest absolute Gasteiger partial charge is 0.378 e. The number of likely N-dealkylation sites (tertiary alicyclic amines) is 1. The lowest BCUT2D eigenvalue weighted by atomic mass is 10.1. The van der Waals surface area contributed by atoms with Crippen molar-refractivity contribution in [2.45, 2.75) is 45.6 Å². The monoisotopic (exact) mass is 463 g/mol. The lowest BCUT2D eigenvalue weighted by molar-refractivity contribution is 0.0264. The normalized spacial score (nSPS) is 15.8. The van der Waals surface area contributed by atoms with Crippen LogP contribution in [0.3, 0.4) is 0 Å². The maximum atomic E-state index is 13.2. The minimum absolute atomic E-state index is 0. The Morgan fingerprint density at radius 1 is 1.32 bits per heavy atom. The van der Waals surface area contributed by atoms with Gasteiger partial charge in [-0.3, -0.25) is 4.99 Å². The van der Waals surface area contributed by atoms with Crippen LogP contribution in [0.2, 0.25) is 0 Å². The molecule has 2 rings (SSSR count). The van der Waals surface area contributed by atoms with Gasteiger partial charge in [-0.1, -0.05) is 12.1 Å². The van der Waals surface area contributed by atoms with Crippen LogP contribution >= 0.6 is 24.0 Å². The van der Waals surface area contributed by atoms with E-state index in [9.17, 15) is 4.39 Å². The number of piperidine rings is 1. The molecule has 0 saturated carbocycles. The van der Waals surface area contributed by atoms with E-state index in [1.807, 2.05) is 6.07 Å². The van der Waals surface area contributed by atoms with E-state index in [4.69, 9.17) is 9.73 Å². The highest BCUT2D eigenvalue weighted by Gasteiger charge is 2.21. The number of aryl methyl sites for hydroxylation is 1. The summed E-state index contributed by atoms with van der Waals surface area (Å²) in [4.78, 5) is 7.06. The molecule has 4 nitrogen and oxygen atoms in total. The van der Waals surface area contributed by atoms with Gasteiger partial charge in [0.2, 0.25) is 0 Å². The summed E-state index contributed by atoms with van der Waals surface area (Å²) in [7, 11) is 0. The Bertz CT molecular complexity index is 519. The maximum Gasteiger partial charge on any atom is 0.193 e. The van der Waals surface area contributed by atoms with Crippen LogP contribution in [0.1, 0.15) is 38.7 Å². The lowest BCUT2D eigenvalue weighted by Crippen LogP contribution is -2.47. The molecule has 0 aliphatic carbocycles. The fourth-order valence-electron chi connectivity index (χ4n) is 3.06. The molecule has 0 atom stereocenters. The van der Waals surface area contributed by atoms with Gasteiger partial charge in [0.15, 0.2) is 5.96 Å². The van der Waals surface area contributed by atoms with Crippen LogP contribution < -0.4 is 5.32 Å². The van der Waals surface area contributed by atoms with Crippen molar-refractivity contribution in [1.29, 1.82) is 0 Å². The molecule has 1 aliphatic rings. The average Bonchev–Trinajstić information content (AvgIpc) is 2.59. The smallest absolute Gasteiger partial charge is 0.193 e. The van der Waals surface area contributed by atoms with Gasteiger partial charge in [-0.2, -0.15) is 0 Å². The average molecular weight is 463 g/mol. The molecule has 1 aliphatic heterocycles. The molecule has 0 unspecified atom stereocenters. The number of nitrogens with zero attached hydrogens (tertiary/aromatic N) is 2. The molecule has 0 radical (unpaired) electrons. The van der Waals surface area contributed by atoms with Crippen molar-refractivity contribution in [2.24, 2.45) is 4.99 Å². The van der Waals surface area contributed by atoms with Crippen molar-refractivity contribution in [3.8, 4) is 0 Å². The quantitative estimate of drug-likeness (QED) is 0.289. The molecule has 142 valence electrons. The van der Waals surface area contributed by atoms with Gasteiger partial charge in [0, 0.05) is 32.8 Å². The van der Waals surface area contributed by atoms with Gasteiger partial charge in [-0.15, -0.1) is 24.0 Å². The van der Waals surface area contributed by atoms with Crippen molar-refractivity contribution < 1.29 is 9.13 Å². The van der Waals surface area contributed by atoms with Crippen molar-refractivity contribution in [3.63, 3.8) is 0 Å². The zero-order chi connectivity index (χ0) is 17.2. The molecular formula is C19H31FIN3O. The van der Waals surface area contributed by atoms with Crippen LogP contribution in [0, 0.1) is 5.82 Å². The number of ether oxygens (including phenoxy) is 1. The Labute approximate surface area is 168 Å². The highest BCUT2D eigenvalue weighted by atomic mass is 127. The van der Waals surface area contributed by atoms with Crippen molar-refractivity contribution in [1.82, 2.24) is 10.2 Å². The Morgan fingerprint density at radius 3 is 2.72 bits per heavy atom. The lowest BCUT2D eigenvalue weighted by Gasteiger charge is -2.34. The predicted octanol–water partition coefficient (Wildman–Crippen LogP) is 3.84. The third-order valence-corrected chi connectivity index (χ3v) is 4.25. The first-order valence-corrected chi connectivity index (χ1v) is 9.12. The minimum atomic E-state index is -0.165. The molecule has 25 heavy (non-hydrogen) atoms. The third kappa shape index (κ3) is 7.90. The molecule has 1 N–H and O–H groups in total.